The smallest absolute Gasteiger partial charge is 0.324 e. The highest BCUT2D eigenvalue weighted by molar-refractivity contribution is 6.30. The van der Waals surface area contributed by atoms with Gasteiger partial charge in [-0.15, -0.1) is 10.2 Å². The Hall–Kier alpha value is -4.54. The molecule has 5 aromatic rings. The molecular formula is C32H34ClN7O3. The Labute approximate surface area is 254 Å². The van der Waals surface area contributed by atoms with Crippen LogP contribution in [0.3, 0.4) is 0 Å². The van der Waals surface area contributed by atoms with Crippen LogP contribution < -0.4 is 5.32 Å². The molecule has 11 heteroatoms. The number of imidazole rings is 1. The number of rotatable bonds is 13. The summed E-state index contributed by atoms with van der Waals surface area (Å²) in [4.78, 5) is 21.4. The van der Waals surface area contributed by atoms with Crippen LogP contribution in [0.5, 0.6) is 5.75 Å². The second kappa shape index (κ2) is 14.1. The summed E-state index contributed by atoms with van der Waals surface area (Å²) in [7, 11) is 1.72. The van der Waals surface area contributed by atoms with Crippen LogP contribution in [-0.4, -0.2) is 54.8 Å². The van der Waals surface area contributed by atoms with Crippen molar-refractivity contribution in [2.24, 2.45) is 0 Å². The number of ether oxygens (including phenoxy) is 1. The normalized spacial score (nSPS) is 12.6. The van der Waals surface area contributed by atoms with Gasteiger partial charge in [0.2, 0.25) is 5.82 Å². The van der Waals surface area contributed by atoms with Gasteiger partial charge in [-0.3, -0.25) is 4.79 Å². The molecule has 2 atom stereocenters. The third-order valence-electron chi connectivity index (χ3n) is 7.27. The zero-order valence-electron chi connectivity index (χ0n) is 24.0. The predicted molar refractivity (Wildman–Crippen MR) is 164 cm³/mol. The van der Waals surface area contributed by atoms with Gasteiger partial charge in [0, 0.05) is 18.4 Å². The van der Waals surface area contributed by atoms with Gasteiger partial charge in [-0.05, 0) is 65.6 Å². The number of phenolic OH excluding ortho intramolecular Hbond substituents is 1. The molecule has 4 N–H and O–H groups in total. The molecule has 43 heavy (non-hydrogen) atoms. The molecule has 0 bridgehead atoms. The summed E-state index contributed by atoms with van der Waals surface area (Å²) in [6.45, 7) is 2.11. The van der Waals surface area contributed by atoms with Crippen LogP contribution in [0.15, 0.2) is 72.8 Å². The molecule has 0 unspecified atom stereocenters. The number of nitrogens with one attached hydrogen (secondary N) is 3. The molecular weight excluding hydrogens is 566 g/mol. The topological polar surface area (TPSA) is 142 Å². The Balaban J connectivity index is 1.47. The molecule has 3 aromatic carbocycles. The molecule has 0 spiro atoms. The number of aryl methyl sites for hydroxylation is 1. The Morgan fingerprint density at radius 3 is 2.49 bits per heavy atom. The summed E-state index contributed by atoms with van der Waals surface area (Å²) < 4.78 is 6.18. The summed E-state index contributed by atoms with van der Waals surface area (Å²) >= 11 is 6.64. The van der Waals surface area contributed by atoms with Crippen LogP contribution in [0.25, 0.3) is 22.5 Å². The van der Waals surface area contributed by atoms with Gasteiger partial charge < -0.3 is 20.1 Å². The monoisotopic (exact) mass is 599 g/mol. The average molecular weight is 600 g/mol. The molecule has 10 nitrogen and oxygen atoms in total. The number of esters is 1. The van der Waals surface area contributed by atoms with Crippen molar-refractivity contribution in [2.45, 2.75) is 51.2 Å². The third kappa shape index (κ3) is 7.46. The Kier molecular flexibility index (Phi) is 9.81. The Bertz CT molecular complexity index is 1620. The van der Waals surface area contributed by atoms with Crippen molar-refractivity contribution in [3.8, 4) is 28.3 Å². The lowest BCUT2D eigenvalue weighted by atomic mass is 9.95. The first kappa shape index (κ1) is 29.9. The largest absolute Gasteiger partial charge is 0.508 e. The predicted octanol–water partition coefficient (Wildman–Crippen LogP) is 5.62. The molecule has 2 aromatic heterocycles. The summed E-state index contributed by atoms with van der Waals surface area (Å²) in [5, 5.41) is 27.7. The molecule has 0 amide bonds. The number of hydrogen-bond acceptors (Lipinski definition) is 8. The Morgan fingerprint density at radius 2 is 1.79 bits per heavy atom. The van der Waals surface area contributed by atoms with E-state index < -0.39 is 18.1 Å². The van der Waals surface area contributed by atoms with Crippen molar-refractivity contribution in [1.82, 2.24) is 35.9 Å². The van der Waals surface area contributed by atoms with E-state index in [0.29, 0.717) is 24.4 Å². The van der Waals surface area contributed by atoms with Crippen molar-refractivity contribution in [1.29, 1.82) is 0 Å². The second-order valence-electron chi connectivity index (χ2n) is 10.3. The molecule has 0 aliphatic heterocycles. The molecule has 222 valence electrons. The van der Waals surface area contributed by atoms with Crippen LogP contribution in [0, 0.1) is 0 Å². The lowest BCUT2D eigenvalue weighted by Crippen LogP contribution is -2.38. The summed E-state index contributed by atoms with van der Waals surface area (Å²) in [5.41, 5.74) is 5.08. The minimum Gasteiger partial charge on any atom is -0.508 e. The molecule has 5 rings (SSSR count). The molecule has 0 aliphatic carbocycles. The van der Waals surface area contributed by atoms with Crippen molar-refractivity contribution in [3.05, 3.63) is 101 Å². The fourth-order valence-corrected chi connectivity index (χ4v) is 5.22. The molecule has 0 saturated heterocycles. The van der Waals surface area contributed by atoms with E-state index in [1.807, 2.05) is 48.5 Å². The van der Waals surface area contributed by atoms with Crippen molar-refractivity contribution >= 4 is 17.6 Å². The van der Waals surface area contributed by atoms with Gasteiger partial charge in [0.05, 0.1) is 5.69 Å². The third-order valence-corrected chi connectivity index (χ3v) is 7.56. The number of halogens is 1. The number of nitrogens with zero attached hydrogens (tertiary/aromatic N) is 4. The van der Waals surface area contributed by atoms with E-state index in [4.69, 9.17) is 16.3 Å². The van der Waals surface area contributed by atoms with Gasteiger partial charge in [0.15, 0.2) is 5.15 Å². The fourth-order valence-electron chi connectivity index (χ4n) is 4.95. The molecule has 0 fully saturated rings. The van der Waals surface area contributed by atoms with E-state index in [1.165, 1.54) is 0 Å². The zero-order chi connectivity index (χ0) is 30.2. The Morgan fingerprint density at radius 1 is 1.02 bits per heavy atom. The maximum Gasteiger partial charge on any atom is 0.324 e. The number of likely N-dealkylation sites (N-methyl/N-ethyl adjacent to an activating group) is 1. The summed E-state index contributed by atoms with van der Waals surface area (Å²) in [5.74, 6) is 0.947. The number of H-pyrrole nitrogens is 2. The van der Waals surface area contributed by atoms with E-state index in [0.717, 1.165) is 52.9 Å². The number of benzene rings is 3. The fraction of sp³-hybridized carbons (Fsp3) is 0.281. The minimum absolute atomic E-state index is 0.165. The number of hydrogen-bond donors (Lipinski definition) is 4. The zero-order valence-corrected chi connectivity index (χ0v) is 24.8. The maximum atomic E-state index is 13.6. The lowest BCUT2D eigenvalue weighted by Gasteiger charge is -2.22. The van der Waals surface area contributed by atoms with Gasteiger partial charge in [0.25, 0.3) is 0 Å². The van der Waals surface area contributed by atoms with Crippen LogP contribution in [0.1, 0.15) is 48.5 Å². The first-order valence-electron chi connectivity index (χ1n) is 14.3. The molecule has 0 radical (unpaired) electrons. The van der Waals surface area contributed by atoms with Crippen LogP contribution in [-0.2, 0) is 28.8 Å². The van der Waals surface area contributed by atoms with E-state index in [1.54, 1.807) is 31.3 Å². The van der Waals surface area contributed by atoms with Crippen molar-refractivity contribution in [2.75, 3.05) is 7.05 Å². The van der Waals surface area contributed by atoms with Gasteiger partial charge in [-0.2, -0.15) is 5.21 Å². The first-order chi connectivity index (χ1) is 20.9. The van der Waals surface area contributed by atoms with E-state index in [-0.39, 0.29) is 10.9 Å². The number of carbonyl (C=O) groups excluding carboxylic acids is 1. The quantitative estimate of drug-likeness (QED) is 0.128. The standard InChI is InChI=1S/C32H34ClN7O3/c1-3-4-10-28-35-29(30(33)36-28)27(43-32(42)26(34-2)18-20-11-14-23(41)15-12-20)19-21-13-16-24(22-8-6-5-7-9-22)25(17-21)31-37-39-40-38-31/h5-9,11-17,26-27,34,41H,3-4,10,18-19H2,1-2H3,(H,35,36)(H,37,38,39,40)/t26-,27-/m1/s1. The van der Waals surface area contributed by atoms with E-state index >= 15 is 0 Å². The number of aromatic amines is 2. The highest BCUT2D eigenvalue weighted by Gasteiger charge is 2.28. The van der Waals surface area contributed by atoms with Gasteiger partial charge in [-0.25, -0.2) is 4.98 Å². The van der Waals surface area contributed by atoms with Crippen molar-refractivity contribution in [3.63, 3.8) is 0 Å². The van der Waals surface area contributed by atoms with Crippen molar-refractivity contribution < 1.29 is 14.6 Å². The first-order valence-corrected chi connectivity index (χ1v) is 14.6. The number of tetrazole rings is 1. The van der Waals surface area contributed by atoms with Gasteiger partial charge in [-0.1, -0.05) is 79.5 Å². The van der Waals surface area contributed by atoms with Crippen LogP contribution in [0.2, 0.25) is 5.15 Å². The SMILES string of the molecule is CCCCc1nc(Cl)c([C@@H](Cc2ccc(-c3ccccc3)c(-c3nn[nH]n3)c2)OC(=O)[C@@H](Cc2ccc(O)cc2)NC)[nH]1. The number of aromatic nitrogens is 6. The van der Waals surface area contributed by atoms with Crippen LogP contribution >= 0.6 is 11.6 Å². The average Bonchev–Trinajstić information content (AvgIpc) is 3.70. The highest BCUT2D eigenvalue weighted by atomic mass is 35.5. The minimum atomic E-state index is -0.737. The molecule has 2 heterocycles. The second-order valence-corrected chi connectivity index (χ2v) is 10.7. The van der Waals surface area contributed by atoms with Gasteiger partial charge >= 0.3 is 5.97 Å². The number of phenols is 1. The maximum absolute atomic E-state index is 13.6. The molecule has 0 saturated carbocycles. The molecule has 0 aliphatic rings. The number of aromatic hydroxyl groups is 1. The number of carbonyl (C=O) groups is 1. The lowest BCUT2D eigenvalue weighted by molar-refractivity contribution is -0.152. The summed E-state index contributed by atoms with van der Waals surface area (Å²) in [6.07, 6.45) is 2.69. The van der Waals surface area contributed by atoms with E-state index in [9.17, 15) is 9.90 Å². The number of unbranched alkanes of at least 4 members (excludes halogenated alkanes) is 1. The van der Waals surface area contributed by atoms with Gasteiger partial charge in [0.1, 0.15) is 23.7 Å². The summed E-state index contributed by atoms with van der Waals surface area (Å²) in [6, 6.07) is 22.1. The highest BCUT2D eigenvalue weighted by Crippen LogP contribution is 2.34. The van der Waals surface area contributed by atoms with Crippen LogP contribution in [0.4, 0.5) is 0 Å². The van der Waals surface area contributed by atoms with E-state index in [2.05, 4.69) is 42.8 Å².